The first kappa shape index (κ1) is 13.1. The molecule has 100 valence electrons. The van der Waals surface area contributed by atoms with E-state index in [0.717, 1.165) is 22.2 Å². The summed E-state index contributed by atoms with van der Waals surface area (Å²) in [6, 6.07) is 3.76. The largest absolute Gasteiger partial charge is 0.497 e. The number of rotatable bonds is 3. The lowest BCUT2D eigenvalue weighted by atomic mass is 10.1. The average Bonchev–Trinajstić information content (AvgIpc) is 2.44. The highest BCUT2D eigenvalue weighted by molar-refractivity contribution is 6.05. The van der Waals surface area contributed by atoms with Gasteiger partial charge in [-0.1, -0.05) is 0 Å². The van der Waals surface area contributed by atoms with Crippen LogP contribution in [0.4, 0.5) is 5.69 Å². The van der Waals surface area contributed by atoms with E-state index in [2.05, 4.69) is 10.3 Å². The van der Waals surface area contributed by atoms with Gasteiger partial charge in [0, 0.05) is 18.6 Å². The van der Waals surface area contributed by atoms with Crippen molar-refractivity contribution in [3.05, 3.63) is 29.5 Å². The van der Waals surface area contributed by atoms with Crippen molar-refractivity contribution in [2.24, 2.45) is 0 Å². The molecule has 0 atom stereocenters. The van der Waals surface area contributed by atoms with Crippen LogP contribution in [-0.2, 0) is 4.74 Å². The predicted octanol–water partition coefficient (Wildman–Crippen LogP) is 2.38. The fourth-order valence-electron chi connectivity index (χ4n) is 2.10. The molecule has 2 aromatic rings. The molecule has 0 fully saturated rings. The molecular weight excluding hydrogens is 244 g/mol. The van der Waals surface area contributed by atoms with Crippen LogP contribution in [0.15, 0.2) is 18.3 Å². The molecule has 0 saturated heterocycles. The fraction of sp³-hybridized carbons (Fsp3) is 0.286. The number of fused-ring (bicyclic) bond motifs is 1. The van der Waals surface area contributed by atoms with Crippen LogP contribution >= 0.6 is 0 Å². The average molecular weight is 260 g/mol. The monoisotopic (exact) mass is 260 g/mol. The van der Waals surface area contributed by atoms with Gasteiger partial charge in [0.25, 0.3) is 0 Å². The Labute approximate surface area is 111 Å². The Balaban J connectivity index is 2.80. The molecule has 19 heavy (non-hydrogen) atoms. The van der Waals surface area contributed by atoms with E-state index in [-0.39, 0.29) is 0 Å². The Hall–Kier alpha value is -2.30. The first-order valence-corrected chi connectivity index (χ1v) is 5.85. The Morgan fingerprint density at radius 3 is 2.63 bits per heavy atom. The highest BCUT2D eigenvalue weighted by Crippen LogP contribution is 2.31. The van der Waals surface area contributed by atoms with E-state index in [1.54, 1.807) is 14.2 Å². The maximum Gasteiger partial charge on any atom is 0.341 e. The van der Waals surface area contributed by atoms with Gasteiger partial charge in [-0.15, -0.1) is 0 Å². The van der Waals surface area contributed by atoms with E-state index in [0.29, 0.717) is 11.3 Å². The van der Waals surface area contributed by atoms with E-state index < -0.39 is 5.97 Å². The molecule has 0 unspecified atom stereocenters. The standard InChI is InChI=1S/C14H16N2O3/c1-8-5-9(18-3)6-10-12(8)16-7-11(13(10)15-2)14(17)19-4/h5-7H,1-4H3,(H,15,16). The van der Waals surface area contributed by atoms with Gasteiger partial charge in [-0.25, -0.2) is 4.79 Å². The van der Waals surface area contributed by atoms with Crippen molar-refractivity contribution in [2.45, 2.75) is 6.92 Å². The molecule has 0 saturated carbocycles. The van der Waals surface area contributed by atoms with Crippen LogP contribution in [0.1, 0.15) is 15.9 Å². The summed E-state index contributed by atoms with van der Waals surface area (Å²) in [5, 5.41) is 3.87. The number of nitrogens with zero attached hydrogens (tertiary/aromatic N) is 1. The van der Waals surface area contributed by atoms with Crippen molar-refractivity contribution in [3.8, 4) is 5.75 Å². The molecule has 0 bridgehead atoms. The van der Waals surface area contributed by atoms with Crippen LogP contribution in [-0.4, -0.2) is 32.2 Å². The van der Waals surface area contributed by atoms with Gasteiger partial charge in [0.1, 0.15) is 11.3 Å². The minimum absolute atomic E-state index is 0.408. The summed E-state index contributed by atoms with van der Waals surface area (Å²) in [4.78, 5) is 16.1. The van der Waals surface area contributed by atoms with E-state index in [4.69, 9.17) is 9.47 Å². The molecule has 1 N–H and O–H groups in total. The zero-order chi connectivity index (χ0) is 14.0. The van der Waals surface area contributed by atoms with Crippen LogP contribution in [0.2, 0.25) is 0 Å². The number of esters is 1. The number of nitrogens with one attached hydrogen (secondary N) is 1. The molecule has 0 spiro atoms. The maximum atomic E-state index is 11.7. The molecule has 1 aromatic heterocycles. The van der Waals surface area contributed by atoms with E-state index >= 15 is 0 Å². The Kier molecular flexibility index (Phi) is 3.55. The summed E-state index contributed by atoms with van der Waals surface area (Å²) < 4.78 is 10.0. The molecule has 0 aliphatic carbocycles. The Morgan fingerprint density at radius 2 is 2.05 bits per heavy atom. The van der Waals surface area contributed by atoms with Crippen LogP contribution in [0.5, 0.6) is 5.75 Å². The van der Waals surface area contributed by atoms with Gasteiger partial charge in [-0.05, 0) is 24.6 Å². The summed E-state index contributed by atoms with van der Waals surface area (Å²) in [6.07, 6.45) is 1.53. The molecule has 1 aromatic carbocycles. The second-order valence-electron chi connectivity index (χ2n) is 4.13. The molecule has 0 aliphatic rings. The van der Waals surface area contributed by atoms with Crippen LogP contribution < -0.4 is 10.1 Å². The molecule has 1 heterocycles. The third-order valence-corrected chi connectivity index (χ3v) is 3.03. The SMILES string of the molecule is CNc1c(C(=O)OC)cnc2c(C)cc(OC)cc12. The number of benzene rings is 1. The van der Waals surface area contributed by atoms with Crippen molar-refractivity contribution in [1.82, 2.24) is 4.98 Å². The lowest BCUT2D eigenvalue weighted by Gasteiger charge is -2.13. The van der Waals surface area contributed by atoms with Crippen molar-refractivity contribution in [1.29, 1.82) is 0 Å². The normalized spacial score (nSPS) is 10.3. The molecule has 0 radical (unpaired) electrons. The molecule has 2 rings (SSSR count). The number of hydrogen-bond acceptors (Lipinski definition) is 5. The first-order chi connectivity index (χ1) is 9.12. The Bertz CT molecular complexity index is 638. The number of aryl methyl sites for hydroxylation is 1. The zero-order valence-corrected chi connectivity index (χ0v) is 11.4. The summed E-state index contributed by atoms with van der Waals surface area (Å²) in [6.45, 7) is 1.95. The van der Waals surface area contributed by atoms with Crippen molar-refractivity contribution >= 4 is 22.6 Å². The lowest BCUT2D eigenvalue weighted by Crippen LogP contribution is -2.07. The number of carbonyl (C=O) groups is 1. The number of anilines is 1. The second kappa shape index (κ2) is 5.14. The Morgan fingerprint density at radius 1 is 1.32 bits per heavy atom. The number of hydrogen-bond donors (Lipinski definition) is 1. The fourth-order valence-corrected chi connectivity index (χ4v) is 2.10. The molecule has 5 nitrogen and oxygen atoms in total. The number of aromatic nitrogens is 1. The van der Waals surface area contributed by atoms with E-state index in [1.807, 2.05) is 19.1 Å². The van der Waals surface area contributed by atoms with Gasteiger partial charge >= 0.3 is 5.97 Å². The number of ether oxygens (including phenoxy) is 2. The quantitative estimate of drug-likeness (QED) is 0.858. The third kappa shape index (κ3) is 2.19. The van der Waals surface area contributed by atoms with E-state index in [1.165, 1.54) is 13.3 Å². The molecule has 0 aliphatic heterocycles. The second-order valence-corrected chi connectivity index (χ2v) is 4.13. The van der Waals surface area contributed by atoms with Crippen molar-refractivity contribution in [2.75, 3.05) is 26.6 Å². The van der Waals surface area contributed by atoms with Gasteiger partial charge in [0.15, 0.2) is 0 Å². The van der Waals surface area contributed by atoms with E-state index in [9.17, 15) is 4.79 Å². The number of carbonyl (C=O) groups excluding carboxylic acids is 1. The number of pyridine rings is 1. The van der Waals surface area contributed by atoms with Crippen LogP contribution in [0.3, 0.4) is 0 Å². The number of methoxy groups -OCH3 is 2. The molecule has 5 heteroatoms. The minimum atomic E-state index is -0.417. The first-order valence-electron chi connectivity index (χ1n) is 5.85. The molecule has 0 amide bonds. The van der Waals surface area contributed by atoms with Gasteiger partial charge in [0.05, 0.1) is 25.4 Å². The van der Waals surface area contributed by atoms with Gasteiger partial charge < -0.3 is 14.8 Å². The maximum absolute atomic E-state index is 11.7. The van der Waals surface area contributed by atoms with Gasteiger partial charge in [0.2, 0.25) is 0 Å². The van der Waals surface area contributed by atoms with Gasteiger partial charge in [-0.3, -0.25) is 4.98 Å². The van der Waals surface area contributed by atoms with Crippen molar-refractivity contribution in [3.63, 3.8) is 0 Å². The highest BCUT2D eigenvalue weighted by Gasteiger charge is 2.16. The predicted molar refractivity (Wildman–Crippen MR) is 73.9 cm³/mol. The summed E-state index contributed by atoms with van der Waals surface area (Å²) in [5.41, 5.74) is 2.92. The summed E-state index contributed by atoms with van der Waals surface area (Å²) >= 11 is 0. The van der Waals surface area contributed by atoms with Gasteiger partial charge in [-0.2, -0.15) is 0 Å². The topological polar surface area (TPSA) is 60.5 Å². The van der Waals surface area contributed by atoms with Crippen LogP contribution in [0.25, 0.3) is 10.9 Å². The minimum Gasteiger partial charge on any atom is -0.497 e. The lowest BCUT2D eigenvalue weighted by molar-refractivity contribution is 0.0601. The zero-order valence-electron chi connectivity index (χ0n) is 11.4. The summed E-state index contributed by atoms with van der Waals surface area (Å²) in [7, 11) is 4.72. The van der Waals surface area contributed by atoms with Crippen molar-refractivity contribution < 1.29 is 14.3 Å². The smallest absolute Gasteiger partial charge is 0.341 e. The van der Waals surface area contributed by atoms with Crippen LogP contribution in [0, 0.1) is 6.92 Å². The molecular formula is C14H16N2O3. The highest BCUT2D eigenvalue weighted by atomic mass is 16.5. The third-order valence-electron chi connectivity index (χ3n) is 3.03. The summed E-state index contributed by atoms with van der Waals surface area (Å²) in [5.74, 6) is 0.310.